The third-order valence-corrected chi connectivity index (χ3v) is 12.1. The second-order valence-corrected chi connectivity index (χ2v) is 16.8. The lowest BCUT2D eigenvalue weighted by atomic mass is 9.43. The molecule has 4 aliphatic rings. The molecule has 12 N–H and O–H groups in total. The number of carbonyl (C=O) groups excluding carboxylic acids is 5. The van der Waals surface area contributed by atoms with Crippen molar-refractivity contribution in [2.75, 3.05) is 13.1 Å². The van der Waals surface area contributed by atoms with E-state index < -0.39 is 72.7 Å². The zero-order valence-corrected chi connectivity index (χ0v) is 34.1. The Labute approximate surface area is 328 Å². The van der Waals surface area contributed by atoms with Crippen LogP contribution in [-0.2, 0) is 33.3 Å². The highest BCUT2D eigenvalue weighted by Crippen LogP contribution is 2.65. The average Bonchev–Trinajstić information content (AvgIpc) is 3.50. The molecule has 16 nitrogen and oxygen atoms in total. The maximum Gasteiger partial charge on any atom is 0.481 e. The quantitative estimate of drug-likeness (QED) is 0.0352. The predicted molar refractivity (Wildman–Crippen MR) is 210 cm³/mol. The van der Waals surface area contributed by atoms with E-state index in [1.54, 1.807) is 6.92 Å². The lowest BCUT2D eigenvalue weighted by Gasteiger charge is -2.64. The predicted octanol–water partition coefficient (Wildman–Crippen LogP) is 0.613. The van der Waals surface area contributed by atoms with Crippen LogP contribution in [0, 0.1) is 17.3 Å². The number of hydrogen-bond acceptors (Lipinski definition) is 11. The largest absolute Gasteiger partial charge is 0.481 e. The highest BCUT2D eigenvalue weighted by atomic mass is 16.7. The molecule has 0 radical (unpaired) electrons. The van der Waals surface area contributed by atoms with Crippen LogP contribution in [0.1, 0.15) is 131 Å². The van der Waals surface area contributed by atoms with Crippen molar-refractivity contribution in [3.05, 3.63) is 0 Å². The van der Waals surface area contributed by atoms with Crippen molar-refractivity contribution < 1.29 is 38.4 Å². The Hall–Kier alpha value is -2.83. The van der Waals surface area contributed by atoms with Gasteiger partial charge < -0.3 is 58.2 Å². The van der Waals surface area contributed by atoms with Crippen molar-refractivity contribution >= 4 is 36.7 Å². The van der Waals surface area contributed by atoms with Gasteiger partial charge in [-0.05, 0) is 96.1 Å². The SMILES string of the molecule is CCCCCCCCCC(=O)N[C@@H](CCN)C(=O)N[C@H](C(=O)N[C@@H](N)C(=O)N[C@@H](CCCCN)C(=O)N[C@@H](C)B1O[C@@H]2C[C@@H]3C[C@@H](C3(C)C)[C@]2(C)O1)[C@@H](C)O. The van der Waals surface area contributed by atoms with E-state index in [0.717, 1.165) is 38.5 Å². The number of unbranched alkanes of at least 4 members (excludes halogenated alkanes) is 7. The van der Waals surface area contributed by atoms with Crippen molar-refractivity contribution in [2.45, 2.75) is 179 Å². The summed E-state index contributed by atoms with van der Waals surface area (Å²) < 4.78 is 12.8. The van der Waals surface area contributed by atoms with E-state index in [-0.39, 0.29) is 43.2 Å². The summed E-state index contributed by atoms with van der Waals surface area (Å²) in [6.07, 6.45) is 7.97. The highest BCUT2D eigenvalue weighted by Gasteiger charge is 2.68. The van der Waals surface area contributed by atoms with Crippen LogP contribution in [0.4, 0.5) is 0 Å². The van der Waals surface area contributed by atoms with E-state index in [0.29, 0.717) is 37.6 Å². The molecule has 0 aromatic heterocycles. The van der Waals surface area contributed by atoms with Gasteiger partial charge in [-0.3, -0.25) is 24.0 Å². The lowest BCUT2D eigenvalue weighted by Crippen LogP contribution is -2.65. The van der Waals surface area contributed by atoms with Crippen LogP contribution < -0.4 is 43.8 Å². The molecule has 1 heterocycles. The van der Waals surface area contributed by atoms with Gasteiger partial charge in [0.2, 0.25) is 23.6 Å². The van der Waals surface area contributed by atoms with Gasteiger partial charge in [0.05, 0.1) is 23.8 Å². The minimum absolute atomic E-state index is 0.0597. The Morgan fingerprint density at radius 3 is 2.02 bits per heavy atom. The monoisotopic (exact) mass is 779 g/mol. The molecule has 314 valence electrons. The number of carbonyl (C=O) groups is 5. The second-order valence-electron chi connectivity index (χ2n) is 16.8. The minimum atomic E-state index is -1.63. The van der Waals surface area contributed by atoms with Gasteiger partial charge >= 0.3 is 7.12 Å². The molecule has 3 saturated carbocycles. The van der Waals surface area contributed by atoms with Gasteiger partial charge in [0, 0.05) is 6.42 Å². The van der Waals surface area contributed by atoms with Gasteiger partial charge in [-0.1, -0.05) is 59.3 Å². The van der Waals surface area contributed by atoms with E-state index in [4.69, 9.17) is 26.5 Å². The number of rotatable bonds is 25. The molecular weight excluding hydrogens is 707 g/mol. The molecule has 0 aromatic rings. The number of nitrogens with two attached hydrogens (primary N) is 3. The summed E-state index contributed by atoms with van der Waals surface area (Å²) in [4.78, 5) is 65.9. The highest BCUT2D eigenvalue weighted by molar-refractivity contribution is 6.47. The molecule has 1 saturated heterocycles. The summed E-state index contributed by atoms with van der Waals surface area (Å²) in [6, 6.07) is -3.55. The maximum absolute atomic E-state index is 13.6. The number of aliphatic hydroxyl groups is 1. The standard InChI is InChI=1S/C38H71BN8O8/c1-7-8-9-10-11-12-13-17-30(49)44-27(18-20-41)34(51)46-31(23(2)48)35(52)47-32(42)36(53)45-26(16-14-15-19-40)33(50)43-24(3)39-54-29-22-25-21-28(37(25,4)5)38(29,6)55-39/h23-29,31-32,48H,7-22,40-42H2,1-6H3,(H,43,50)(H,44,49)(H,45,53)(H,46,51)(H,47,52)/t23-,24+,25+,26+,27+,28+,29-,31+,32-,38+/m1/s1. The van der Waals surface area contributed by atoms with E-state index in [9.17, 15) is 29.1 Å². The van der Waals surface area contributed by atoms with Crippen LogP contribution in [0.3, 0.4) is 0 Å². The molecular formula is C38H71BN8O8. The van der Waals surface area contributed by atoms with Gasteiger partial charge in [0.25, 0.3) is 5.91 Å². The maximum atomic E-state index is 13.6. The summed E-state index contributed by atoms with van der Waals surface area (Å²) in [6.45, 7) is 12.4. The fraction of sp³-hybridized carbons (Fsp3) is 0.868. The minimum Gasteiger partial charge on any atom is -0.404 e. The van der Waals surface area contributed by atoms with Crippen LogP contribution in [-0.4, -0.2) is 103 Å². The number of amides is 5. The Kier molecular flexibility index (Phi) is 18.3. The fourth-order valence-electron chi connectivity index (χ4n) is 8.44. The van der Waals surface area contributed by atoms with Crippen molar-refractivity contribution in [1.82, 2.24) is 26.6 Å². The third-order valence-electron chi connectivity index (χ3n) is 12.1. The first-order valence-corrected chi connectivity index (χ1v) is 20.7. The average molecular weight is 779 g/mol. The van der Waals surface area contributed by atoms with Gasteiger partial charge in [0.15, 0.2) is 6.17 Å². The normalized spacial score (nSPS) is 25.6. The first-order chi connectivity index (χ1) is 26.0. The third kappa shape index (κ3) is 12.6. The zero-order valence-electron chi connectivity index (χ0n) is 34.1. The molecule has 5 amide bonds. The fourth-order valence-corrected chi connectivity index (χ4v) is 8.44. The van der Waals surface area contributed by atoms with Crippen molar-refractivity contribution in [3.8, 4) is 0 Å². The second kappa shape index (κ2) is 21.6. The summed E-state index contributed by atoms with van der Waals surface area (Å²) in [5.74, 6) is -2.87. The summed E-state index contributed by atoms with van der Waals surface area (Å²) >= 11 is 0. The van der Waals surface area contributed by atoms with E-state index in [1.165, 1.54) is 19.8 Å². The summed E-state index contributed by atoms with van der Waals surface area (Å²) in [7, 11) is -0.661. The van der Waals surface area contributed by atoms with Crippen LogP contribution in [0.25, 0.3) is 0 Å². The van der Waals surface area contributed by atoms with Crippen LogP contribution in [0.15, 0.2) is 0 Å². The molecule has 2 bridgehead atoms. The Bertz CT molecular complexity index is 1290. The topological polar surface area (TPSA) is 262 Å². The van der Waals surface area contributed by atoms with Gasteiger partial charge in [-0.15, -0.1) is 0 Å². The smallest absolute Gasteiger partial charge is 0.404 e. The van der Waals surface area contributed by atoms with Gasteiger partial charge in [0.1, 0.15) is 18.1 Å². The van der Waals surface area contributed by atoms with E-state index in [2.05, 4.69) is 54.3 Å². The molecule has 3 aliphatic carbocycles. The number of nitrogens with one attached hydrogen (secondary N) is 5. The van der Waals surface area contributed by atoms with E-state index >= 15 is 0 Å². The molecule has 0 aromatic carbocycles. The Balaban J connectivity index is 1.54. The number of aliphatic hydroxyl groups excluding tert-OH is 1. The first kappa shape index (κ1) is 46.6. The van der Waals surface area contributed by atoms with Crippen molar-refractivity contribution in [1.29, 1.82) is 0 Å². The lowest BCUT2D eigenvalue weighted by molar-refractivity contribution is -0.199. The first-order valence-electron chi connectivity index (χ1n) is 20.7. The van der Waals surface area contributed by atoms with Crippen molar-refractivity contribution in [2.24, 2.45) is 34.5 Å². The molecule has 0 spiro atoms. The van der Waals surface area contributed by atoms with E-state index in [1.807, 2.05) is 0 Å². The molecule has 1 aliphatic heterocycles. The van der Waals surface area contributed by atoms with Crippen LogP contribution in [0.5, 0.6) is 0 Å². The molecule has 4 rings (SSSR count). The summed E-state index contributed by atoms with van der Waals surface area (Å²) in [5.41, 5.74) is 17.2. The van der Waals surface area contributed by atoms with Gasteiger partial charge in [-0.2, -0.15) is 0 Å². The molecule has 0 unspecified atom stereocenters. The Morgan fingerprint density at radius 2 is 1.40 bits per heavy atom. The molecule has 17 heteroatoms. The van der Waals surface area contributed by atoms with Gasteiger partial charge in [-0.25, -0.2) is 0 Å². The molecule has 10 atom stereocenters. The summed E-state index contributed by atoms with van der Waals surface area (Å²) in [5, 5.41) is 23.5. The van der Waals surface area contributed by atoms with Crippen LogP contribution in [0.2, 0.25) is 0 Å². The number of hydrogen-bond donors (Lipinski definition) is 9. The Morgan fingerprint density at radius 1 is 0.764 bits per heavy atom. The molecule has 4 fully saturated rings. The van der Waals surface area contributed by atoms with Crippen molar-refractivity contribution in [3.63, 3.8) is 0 Å². The zero-order chi connectivity index (χ0) is 40.9. The van der Waals surface area contributed by atoms with Crippen LogP contribution >= 0.6 is 0 Å². The molecule has 55 heavy (non-hydrogen) atoms.